The number of rotatable bonds is 4. The van der Waals surface area contributed by atoms with Crippen LogP contribution in [0.2, 0.25) is 0 Å². The predicted octanol–water partition coefficient (Wildman–Crippen LogP) is 2.64. The van der Waals surface area contributed by atoms with Crippen LogP contribution < -0.4 is 10.6 Å². The van der Waals surface area contributed by atoms with Crippen LogP contribution >= 0.6 is 0 Å². The summed E-state index contributed by atoms with van der Waals surface area (Å²) in [5.41, 5.74) is 2.69. The van der Waals surface area contributed by atoms with Crippen molar-refractivity contribution >= 4 is 5.91 Å². The monoisotopic (exact) mass is 397 g/mol. The molecule has 0 bridgehead atoms. The summed E-state index contributed by atoms with van der Waals surface area (Å²) in [5.74, 6) is -2.10. The SMILES string of the molecule is Cn1nccc1-c1ccc(C(=O)N[C@@H]2CNCC[C@H]2c2ccc(F)c(F)c2)cn1. The van der Waals surface area contributed by atoms with E-state index in [-0.39, 0.29) is 17.9 Å². The molecule has 2 aromatic heterocycles. The van der Waals surface area contributed by atoms with Gasteiger partial charge in [0.2, 0.25) is 0 Å². The Morgan fingerprint density at radius 2 is 2.07 bits per heavy atom. The third-order valence-electron chi connectivity index (χ3n) is 5.28. The lowest BCUT2D eigenvalue weighted by atomic mass is 9.86. The number of hydrogen-bond donors (Lipinski definition) is 2. The van der Waals surface area contributed by atoms with Gasteiger partial charge in [-0.25, -0.2) is 8.78 Å². The van der Waals surface area contributed by atoms with Gasteiger partial charge >= 0.3 is 0 Å². The first-order valence-electron chi connectivity index (χ1n) is 9.44. The smallest absolute Gasteiger partial charge is 0.253 e. The second-order valence-corrected chi connectivity index (χ2v) is 7.12. The van der Waals surface area contributed by atoms with Crippen molar-refractivity contribution in [3.8, 4) is 11.4 Å². The van der Waals surface area contributed by atoms with E-state index < -0.39 is 11.6 Å². The van der Waals surface area contributed by atoms with Crippen LogP contribution in [0.3, 0.4) is 0 Å². The molecule has 4 rings (SSSR count). The first-order chi connectivity index (χ1) is 14.0. The van der Waals surface area contributed by atoms with Crippen molar-refractivity contribution in [1.29, 1.82) is 0 Å². The molecule has 0 radical (unpaired) electrons. The zero-order valence-electron chi connectivity index (χ0n) is 15.9. The molecule has 0 spiro atoms. The van der Waals surface area contributed by atoms with E-state index in [0.717, 1.165) is 24.0 Å². The van der Waals surface area contributed by atoms with Gasteiger partial charge in [-0.15, -0.1) is 0 Å². The minimum absolute atomic E-state index is 0.100. The van der Waals surface area contributed by atoms with Gasteiger partial charge in [0, 0.05) is 37.9 Å². The second-order valence-electron chi connectivity index (χ2n) is 7.12. The average Bonchev–Trinajstić information content (AvgIpc) is 3.16. The summed E-state index contributed by atoms with van der Waals surface area (Å²) in [6.45, 7) is 1.30. The van der Waals surface area contributed by atoms with Gasteiger partial charge in [-0.3, -0.25) is 14.5 Å². The van der Waals surface area contributed by atoms with E-state index in [0.29, 0.717) is 24.1 Å². The zero-order chi connectivity index (χ0) is 20.4. The molecule has 1 fully saturated rings. The number of pyridine rings is 1. The number of nitrogens with zero attached hydrogens (tertiary/aromatic N) is 3. The number of aromatic nitrogens is 3. The minimum Gasteiger partial charge on any atom is -0.347 e. The van der Waals surface area contributed by atoms with E-state index in [1.807, 2.05) is 13.1 Å². The maximum atomic E-state index is 13.7. The molecule has 6 nitrogen and oxygen atoms in total. The van der Waals surface area contributed by atoms with Crippen LogP contribution in [-0.4, -0.2) is 39.8 Å². The molecular formula is C21H21F2N5O. The van der Waals surface area contributed by atoms with E-state index in [1.54, 1.807) is 29.1 Å². The molecule has 1 aliphatic rings. The number of aryl methyl sites for hydroxylation is 1. The van der Waals surface area contributed by atoms with Gasteiger partial charge in [0.05, 0.1) is 17.0 Å². The summed E-state index contributed by atoms with van der Waals surface area (Å²) >= 11 is 0. The molecule has 3 aromatic rings. The summed E-state index contributed by atoms with van der Waals surface area (Å²) in [6.07, 6.45) is 3.93. The third-order valence-corrected chi connectivity index (χ3v) is 5.28. The molecule has 3 heterocycles. The number of halogens is 2. The number of piperidine rings is 1. The molecule has 0 unspecified atom stereocenters. The average molecular weight is 397 g/mol. The molecule has 150 valence electrons. The quantitative estimate of drug-likeness (QED) is 0.710. The summed E-state index contributed by atoms with van der Waals surface area (Å²) in [4.78, 5) is 17.1. The van der Waals surface area contributed by atoms with Crippen LogP contribution in [0.1, 0.15) is 28.3 Å². The number of benzene rings is 1. The standard InChI is InChI=1S/C21H21F2N5O/c1-28-20(7-9-26-28)18-5-3-14(11-25-18)21(29)27-19-12-24-8-6-15(19)13-2-4-16(22)17(23)10-13/h2-5,7,9-11,15,19,24H,6,8,12H2,1H3,(H,27,29)/t15-,19+/m0/s1. The highest BCUT2D eigenvalue weighted by Gasteiger charge is 2.28. The highest BCUT2D eigenvalue weighted by atomic mass is 19.2. The molecule has 2 atom stereocenters. The molecule has 1 amide bonds. The Bertz CT molecular complexity index is 1020. The first kappa shape index (κ1) is 19.2. The Hall–Kier alpha value is -3.13. The van der Waals surface area contributed by atoms with Crippen LogP contribution in [0.25, 0.3) is 11.4 Å². The molecule has 2 N–H and O–H groups in total. The van der Waals surface area contributed by atoms with Gasteiger partial charge in [0.25, 0.3) is 5.91 Å². The van der Waals surface area contributed by atoms with Gasteiger partial charge in [-0.1, -0.05) is 6.07 Å². The normalized spacial score (nSPS) is 19.1. The Morgan fingerprint density at radius 3 is 2.76 bits per heavy atom. The lowest BCUT2D eigenvalue weighted by molar-refractivity contribution is 0.0924. The van der Waals surface area contributed by atoms with Crippen molar-refractivity contribution in [2.24, 2.45) is 7.05 Å². The van der Waals surface area contributed by atoms with E-state index >= 15 is 0 Å². The topological polar surface area (TPSA) is 71.8 Å². The summed E-state index contributed by atoms with van der Waals surface area (Å²) in [6, 6.07) is 9.03. The highest BCUT2D eigenvalue weighted by molar-refractivity contribution is 5.94. The zero-order valence-corrected chi connectivity index (χ0v) is 15.9. The number of amides is 1. The van der Waals surface area contributed by atoms with Gasteiger partial charge in [0.15, 0.2) is 11.6 Å². The maximum Gasteiger partial charge on any atom is 0.253 e. The minimum atomic E-state index is -0.874. The van der Waals surface area contributed by atoms with Gasteiger partial charge < -0.3 is 10.6 Å². The number of carbonyl (C=O) groups excluding carboxylic acids is 1. The Morgan fingerprint density at radius 1 is 1.21 bits per heavy atom. The Balaban J connectivity index is 1.50. The van der Waals surface area contributed by atoms with E-state index in [4.69, 9.17) is 0 Å². The predicted molar refractivity (Wildman–Crippen MR) is 104 cm³/mol. The number of nitrogens with one attached hydrogen (secondary N) is 2. The van der Waals surface area contributed by atoms with E-state index in [2.05, 4.69) is 20.7 Å². The van der Waals surface area contributed by atoms with Crippen LogP contribution in [0, 0.1) is 11.6 Å². The summed E-state index contributed by atoms with van der Waals surface area (Å²) in [7, 11) is 1.83. The van der Waals surface area contributed by atoms with Crippen LogP contribution in [0.4, 0.5) is 8.78 Å². The first-order valence-corrected chi connectivity index (χ1v) is 9.44. The molecule has 1 aliphatic heterocycles. The Kier molecular flexibility index (Phi) is 5.35. The van der Waals surface area contributed by atoms with E-state index in [9.17, 15) is 13.6 Å². The molecule has 0 saturated carbocycles. The number of carbonyl (C=O) groups is 1. The Labute approximate surface area is 167 Å². The van der Waals surface area contributed by atoms with Crippen LogP contribution in [0.5, 0.6) is 0 Å². The van der Waals surface area contributed by atoms with Crippen molar-refractivity contribution < 1.29 is 13.6 Å². The van der Waals surface area contributed by atoms with Crippen molar-refractivity contribution in [2.45, 2.75) is 18.4 Å². The largest absolute Gasteiger partial charge is 0.347 e. The van der Waals surface area contributed by atoms with Crippen LogP contribution in [0.15, 0.2) is 48.8 Å². The van der Waals surface area contributed by atoms with Crippen LogP contribution in [-0.2, 0) is 7.05 Å². The van der Waals surface area contributed by atoms with Gasteiger partial charge in [0.1, 0.15) is 0 Å². The molecule has 1 aromatic carbocycles. The van der Waals surface area contributed by atoms with Crippen molar-refractivity contribution in [2.75, 3.05) is 13.1 Å². The number of hydrogen-bond acceptors (Lipinski definition) is 4. The summed E-state index contributed by atoms with van der Waals surface area (Å²) < 4.78 is 28.7. The molecule has 29 heavy (non-hydrogen) atoms. The fraction of sp³-hybridized carbons (Fsp3) is 0.286. The maximum absolute atomic E-state index is 13.7. The van der Waals surface area contributed by atoms with Gasteiger partial charge in [-0.05, 0) is 48.9 Å². The van der Waals surface area contributed by atoms with Crippen molar-refractivity contribution in [3.63, 3.8) is 0 Å². The molecular weight excluding hydrogens is 376 g/mol. The highest BCUT2D eigenvalue weighted by Crippen LogP contribution is 2.27. The lowest BCUT2D eigenvalue weighted by Gasteiger charge is -2.33. The molecule has 8 heteroatoms. The fourth-order valence-electron chi connectivity index (χ4n) is 3.71. The molecule has 0 aliphatic carbocycles. The fourth-order valence-corrected chi connectivity index (χ4v) is 3.71. The van der Waals surface area contributed by atoms with Crippen molar-refractivity contribution in [1.82, 2.24) is 25.4 Å². The molecule has 1 saturated heterocycles. The van der Waals surface area contributed by atoms with Crippen molar-refractivity contribution in [3.05, 3.63) is 71.6 Å². The third kappa shape index (κ3) is 4.02. The second kappa shape index (κ2) is 8.08. The van der Waals surface area contributed by atoms with E-state index in [1.165, 1.54) is 12.3 Å². The van der Waals surface area contributed by atoms with Gasteiger partial charge in [-0.2, -0.15) is 5.10 Å². The lowest BCUT2D eigenvalue weighted by Crippen LogP contribution is -2.50. The summed E-state index contributed by atoms with van der Waals surface area (Å²) in [5, 5.41) is 10.4.